The molecule has 0 radical (unpaired) electrons. The summed E-state index contributed by atoms with van der Waals surface area (Å²) >= 11 is 6.01. The van der Waals surface area contributed by atoms with E-state index in [9.17, 15) is 9.18 Å². The predicted molar refractivity (Wildman–Crippen MR) is 38.8 cm³/mol. The number of carbonyl (C=O) groups excluding carboxylic acids is 1. The molecule has 10 heavy (non-hydrogen) atoms. The van der Waals surface area contributed by atoms with E-state index in [1.54, 1.807) is 6.07 Å². The minimum absolute atomic E-state index is 0.121. The molecule has 0 N–H and O–H groups in total. The van der Waals surface area contributed by atoms with E-state index in [0.717, 1.165) is 11.3 Å². The Morgan fingerprint density at radius 2 is 2.40 bits per heavy atom. The monoisotopic (exact) mass is 178 g/mol. The van der Waals surface area contributed by atoms with Crippen molar-refractivity contribution >= 4 is 28.2 Å². The van der Waals surface area contributed by atoms with Crippen LogP contribution in [0.5, 0.6) is 0 Å². The number of thiophene rings is 1. The first-order chi connectivity index (χ1) is 4.68. The van der Waals surface area contributed by atoms with Gasteiger partial charge in [0.2, 0.25) is 5.24 Å². The lowest BCUT2D eigenvalue weighted by Gasteiger charge is -1.84. The van der Waals surface area contributed by atoms with Crippen LogP contribution in [0.2, 0.25) is 0 Å². The van der Waals surface area contributed by atoms with E-state index in [4.69, 9.17) is 11.6 Å². The molecule has 0 saturated carbocycles. The Bertz CT molecular complexity index is 246. The van der Waals surface area contributed by atoms with Crippen LogP contribution in [-0.4, -0.2) is 5.24 Å². The summed E-state index contributed by atoms with van der Waals surface area (Å²) in [5.41, 5.74) is 0. The molecular weight excluding hydrogens is 175 g/mol. The SMILES string of the molecule is O=C(Cl)Cc1ccc(F)s1. The van der Waals surface area contributed by atoms with Crippen LogP contribution in [-0.2, 0) is 11.2 Å². The number of hydrogen-bond donors (Lipinski definition) is 0. The second kappa shape index (κ2) is 3.12. The largest absolute Gasteiger partial charge is 0.281 e. The van der Waals surface area contributed by atoms with E-state index < -0.39 is 5.24 Å². The van der Waals surface area contributed by atoms with E-state index in [-0.39, 0.29) is 11.6 Å². The first kappa shape index (κ1) is 7.69. The molecule has 0 amide bonds. The number of rotatable bonds is 2. The van der Waals surface area contributed by atoms with E-state index in [0.29, 0.717) is 4.88 Å². The zero-order valence-electron chi connectivity index (χ0n) is 4.93. The Hall–Kier alpha value is -0.410. The molecule has 54 valence electrons. The summed E-state index contributed by atoms with van der Waals surface area (Å²) < 4.78 is 12.2. The average molecular weight is 179 g/mol. The number of hydrogen-bond acceptors (Lipinski definition) is 2. The maximum atomic E-state index is 12.2. The van der Waals surface area contributed by atoms with Crippen molar-refractivity contribution in [3.8, 4) is 0 Å². The van der Waals surface area contributed by atoms with Crippen LogP contribution in [0.15, 0.2) is 12.1 Å². The van der Waals surface area contributed by atoms with Crippen LogP contribution in [0, 0.1) is 5.13 Å². The third kappa shape index (κ3) is 2.08. The molecule has 0 saturated heterocycles. The Kier molecular flexibility index (Phi) is 2.40. The molecule has 1 nitrogen and oxygen atoms in total. The van der Waals surface area contributed by atoms with Gasteiger partial charge in [-0.2, -0.15) is 4.39 Å². The van der Waals surface area contributed by atoms with Crippen LogP contribution in [0.25, 0.3) is 0 Å². The Labute approximate surface area is 66.4 Å². The summed E-state index contributed by atoms with van der Waals surface area (Å²) in [6, 6.07) is 2.88. The van der Waals surface area contributed by atoms with Crippen LogP contribution in [0.3, 0.4) is 0 Å². The maximum absolute atomic E-state index is 12.2. The molecule has 0 fully saturated rings. The van der Waals surface area contributed by atoms with Crippen molar-refractivity contribution in [2.45, 2.75) is 6.42 Å². The van der Waals surface area contributed by atoms with Gasteiger partial charge in [0.05, 0.1) is 6.42 Å². The Balaban J connectivity index is 2.67. The Morgan fingerprint density at radius 1 is 1.70 bits per heavy atom. The zero-order valence-corrected chi connectivity index (χ0v) is 6.51. The smallest absolute Gasteiger partial charge is 0.226 e. The standard InChI is InChI=1S/C6H4ClFOS/c7-5(9)3-4-1-2-6(8)10-4/h1-2H,3H2. The third-order valence-corrected chi connectivity index (χ3v) is 1.95. The lowest BCUT2D eigenvalue weighted by atomic mass is 10.4. The fourth-order valence-electron chi connectivity index (χ4n) is 0.584. The minimum Gasteiger partial charge on any atom is -0.281 e. The molecule has 0 unspecified atom stereocenters. The van der Waals surface area contributed by atoms with Crippen LogP contribution >= 0.6 is 22.9 Å². The second-order valence-corrected chi connectivity index (χ2v) is 3.28. The van der Waals surface area contributed by atoms with Gasteiger partial charge in [0.1, 0.15) is 0 Å². The van der Waals surface area contributed by atoms with E-state index in [1.807, 2.05) is 0 Å². The highest BCUT2D eigenvalue weighted by Gasteiger charge is 2.02. The molecule has 1 aromatic rings. The van der Waals surface area contributed by atoms with Crippen molar-refractivity contribution in [3.05, 3.63) is 22.1 Å². The molecule has 0 aliphatic heterocycles. The van der Waals surface area contributed by atoms with Crippen molar-refractivity contribution in [1.29, 1.82) is 0 Å². The number of halogens is 2. The summed E-state index contributed by atoms with van der Waals surface area (Å²) in [5.74, 6) is 0. The summed E-state index contributed by atoms with van der Waals surface area (Å²) in [7, 11) is 0. The minimum atomic E-state index is -0.457. The first-order valence-corrected chi connectivity index (χ1v) is 3.80. The van der Waals surface area contributed by atoms with Gasteiger partial charge in [-0.15, -0.1) is 11.3 Å². The average Bonchev–Trinajstić information content (AvgIpc) is 2.13. The molecule has 0 aliphatic rings. The van der Waals surface area contributed by atoms with Crippen molar-refractivity contribution in [3.63, 3.8) is 0 Å². The molecule has 4 heteroatoms. The van der Waals surface area contributed by atoms with Gasteiger partial charge in [-0.3, -0.25) is 4.79 Å². The second-order valence-electron chi connectivity index (χ2n) is 1.74. The first-order valence-electron chi connectivity index (χ1n) is 2.61. The van der Waals surface area contributed by atoms with Crippen molar-refractivity contribution in [1.82, 2.24) is 0 Å². The molecular formula is C6H4ClFOS. The van der Waals surface area contributed by atoms with E-state index >= 15 is 0 Å². The topological polar surface area (TPSA) is 17.1 Å². The van der Waals surface area contributed by atoms with Crippen LogP contribution < -0.4 is 0 Å². The molecule has 0 bridgehead atoms. The molecule has 1 rings (SSSR count). The third-order valence-electron chi connectivity index (χ3n) is 0.942. The van der Waals surface area contributed by atoms with E-state index in [1.165, 1.54) is 6.07 Å². The lowest BCUT2D eigenvalue weighted by molar-refractivity contribution is -0.111. The van der Waals surface area contributed by atoms with Crippen molar-refractivity contribution in [2.24, 2.45) is 0 Å². The fourth-order valence-corrected chi connectivity index (χ4v) is 1.53. The van der Waals surface area contributed by atoms with Gasteiger partial charge in [0.25, 0.3) is 0 Å². The lowest BCUT2D eigenvalue weighted by Crippen LogP contribution is -1.88. The van der Waals surface area contributed by atoms with Gasteiger partial charge in [0.15, 0.2) is 5.13 Å². The summed E-state index contributed by atoms with van der Waals surface area (Å²) in [6.45, 7) is 0. The summed E-state index contributed by atoms with van der Waals surface area (Å²) in [4.78, 5) is 10.9. The fraction of sp³-hybridized carbons (Fsp3) is 0.167. The van der Waals surface area contributed by atoms with Gasteiger partial charge in [0, 0.05) is 4.88 Å². The van der Waals surface area contributed by atoms with Gasteiger partial charge in [-0.25, -0.2) is 0 Å². The zero-order chi connectivity index (χ0) is 7.56. The van der Waals surface area contributed by atoms with Gasteiger partial charge >= 0.3 is 0 Å². The summed E-state index contributed by atoms with van der Waals surface area (Å²) in [5, 5.41) is -0.741. The molecule has 1 heterocycles. The highest BCUT2D eigenvalue weighted by atomic mass is 35.5. The molecule has 0 atom stereocenters. The summed E-state index contributed by atoms with van der Waals surface area (Å²) in [6.07, 6.45) is 0.121. The van der Waals surface area contributed by atoms with Gasteiger partial charge < -0.3 is 0 Å². The van der Waals surface area contributed by atoms with Crippen molar-refractivity contribution in [2.75, 3.05) is 0 Å². The molecule has 1 aromatic heterocycles. The van der Waals surface area contributed by atoms with Crippen molar-refractivity contribution < 1.29 is 9.18 Å². The maximum Gasteiger partial charge on any atom is 0.226 e. The highest BCUT2D eigenvalue weighted by molar-refractivity contribution is 7.10. The van der Waals surface area contributed by atoms with Gasteiger partial charge in [-0.1, -0.05) is 0 Å². The normalized spacial score (nSPS) is 9.80. The predicted octanol–water partition coefficient (Wildman–Crippen LogP) is 2.20. The quantitative estimate of drug-likeness (QED) is 0.635. The molecule has 0 aromatic carbocycles. The number of carbonyl (C=O) groups is 1. The highest BCUT2D eigenvalue weighted by Crippen LogP contribution is 2.15. The molecule has 0 aliphatic carbocycles. The van der Waals surface area contributed by atoms with E-state index in [2.05, 4.69) is 0 Å². The van der Waals surface area contributed by atoms with Crippen LogP contribution in [0.1, 0.15) is 4.88 Å². The Morgan fingerprint density at radius 3 is 2.80 bits per heavy atom. The van der Waals surface area contributed by atoms with Crippen LogP contribution in [0.4, 0.5) is 4.39 Å². The molecule has 0 spiro atoms. The van der Waals surface area contributed by atoms with Gasteiger partial charge in [-0.05, 0) is 23.7 Å².